The maximum Gasteiger partial charge on any atom is 0.109 e. The first-order valence-corrected chi connectivity index (χ1v) is 6.17. The second-order valence-corrected chi connectivity index (χ2v) is 4.95. The van der Waals surface area contributed by atoms with Gasteiger partial charge in [0.2, 0.25) is 0 Å². The van der Waals surface area contributed by atoms with E-state index < -0.39 is 0 Å². The van der Waals surface area contributed by atoms with Crippen molar-refractivity contribution in [1.82, 2.24) is 9.97 Å². The van der Waals surface area contributed by atoms with E-state index >= 15 is 0 Å². The van der Waals surface area contributed by atoms with Gasteiger partial charge >= 0.3 is 0 Å². The summed E-state index contributed by atoms with van der Waals surface area (Å²) in [5, 5.41) is 0. The minimum Gasteiger partial charge on any atom is -0.344 e. The Morgan fingerprint density at radius 2 is 1.87 bits per heavy atom. The fourth-order valence-corrected chi connectivity index (χ4v) is 2.69. The summed E-state index contributed by atoms with van der Waals surface area (Å²) >= 11 is 0. The van der Waals surface area contributed by atoms with Crippen LogP contribution in [0, 0.1) is 0 Å². The molecule has 3 N–H and O–H groups in total. The van der Waals surface area contributed by atoms with Gasteiger partial charge in [-0.2, -0.15) is 0 Å². The Morgan fingerprint density at radius 1 is 1.13 bits per heavy atom. The number of aromatic amines is 1. The van der Waals surface area contributed by atoms with Crippen molar-refractivity contribution in [2.45, 2.75) is 56.9 Å². The van der Waals surface area contributed by atoms with Crippen molar-refractivity contribution in [3.8, 4) is 0 Å². The average Bonchev–Trinajstić information content (AvgIpc) is 2.83. The van der Waals surface area contributed by atoms with Gasteiger partial charge in [0.05, 0.1) is 11.4 Å². The first-order chi connectivity index (χ1) is 7.38. The van der Waals surface area contributed by atoms with Crippen molar-refractivity contribution in [3.63, 3.8) is 0 Å². The van der Waals surface area contributed by atoms with Crippen LogP contribution in [0.15, 0.2) is 0 Å². The fraction of sp³-hybridized carbons (Fsp3) is 0.750. The van der Waals surface area contributed by atoms with Crippen LogP contribution in [0.5, 0.6) is 0 Å². The van der Waals surface area contributed by atoms with Crippen molar-refractivity contribution < 1.29 is 0 Å². The lowest BCUT2D eigenvalue weighted by atomic mass is 10.1. The highest BCUT2D eigenvalue weighted by molar-refractivity contribution is 5.24. The summed E-state index contributed by atoms with van der Waals surface area (Å²) in [6, 6.07) is 0. The van der Waals surface area contributed by atoms with E-state index in [-0.39, 0.29) is 0 Å². The van der Waals surface area contributed by atoms with Crippen molar-refractivity contribution >= 4 is 0 Å². The lowest BCUT2D eigenvalue weighted by molar-refractivity contribution is 0.674. The van der Waals surface area contributed by atoms with Gasteiger partial charge in [-0.15, -0.1) is 0 Å². The Hall–Kier alpha value is -0.830. The van der Waals surface area contributed by atoms with E-state index in [1.54, 1.807) is 0 Å². The molecule has 0 spiro atoms. The minimum absolute atomic E-state index is 0.617. The number of nitrogens with two attached hydrogens (primary N) is 1. The van der Waals surface area contributed by atoms with E-state index in [0.29, 0.717) is 12.5 Å². The smallest absolute Gasteiger partial charge is 0.109 e. The van der Waals surface area contributed by atoms with E-state index in [2.05, 4.69) is 4.98 Å². The van der Waals surface area contributed by atoms with Crippen molar-refractivity contribution in [2.75, 3.05) is 0 Å². The van der Waals surface area contributed by atoms with Crippen LogP contribution in [0.3, 0.4) is 0 Å². The van der Waals surface area contributed by atoms with Gasteiger partial charge < -0.3 is 10.7 Å². The fourth-order valence-electron chi connectivity index (χ4n) is 2.69. The van der Waals surface area contributed by atoms with Crippen molar-refractivity contribution in [2.24, 2.45) is 5.73 Å². The van der Waals surface area contributed by atoms with E-state index in [0.717, 1.165) is 5.92 Å². The van der Waals surface area contributed by atoms with Crippen LogP contribution in [0.1, 0.15) is 67.6 Å². The molecule has 2 aliphatic rings. The second kappa shape index (κ2) is 3.63. The van der Waals surface area contributed by atoms with Crippen LogP contribution in [-0.2, 0) is 6.54 Å². The molecule has 0 saturated heterocycles. The molecular weight excluding hydrogens is 186 g/mol. The standard InChI is InChI=1S/C12H19N3/c13-7-10-11(8-5-6-8)15-12(14-10)9-3-1-2-4-9/h8-9H,1-7,13H2,(H,14,15). The number of rotatable bonds is 3. The normalized spacial score (nSPS) is 22.5. The third-order valence-corrected chi connectivity index (χ3v) is 3.74. The predicted molar refractivity (Wildman–Crippen MR) is 59.7 cm³/mol. The summed E-state index contributed by atoms with van der Waals surface area (Å²) in [5.74, 6) is 2.62. The van der Waals surface area contributed by atoms with Crippen LogP contribution in [0.25, 0.3) is 0 Å². The van der Waals surface area contributed by atoms with E-state index in [9.17, 15) is 0 Å². The monoisotopic (exact) mass is 205 g/mol. The zero-order valence-electron chi connectivity index (χ0n) is 9.13. The zero-order chi connectivity index (χ0) is 10.3. The topological polar surface area (TPSA) is 54.7 Å². The molecule has 1 aromatic rings. The van der Waals surface area contributed by atoms with Gasteiger partial charge in [-0.3, -0.25) is 0 Å². The molecule has 3 heteroatoms. The lowest BCUT2D eigenvalue weighted by Gasteiger charge is -2.03. The molecule has 0 radical (unpaired) electrons. The summed E-state index contributed by atoms with van der Waals surface area (Å²) in [7, 11) is 0. The third kappa shape index (κ3) is 1.69. The summed E-state index contributed by atoms with van der Waals surface area (Å²) < 4.78 is 0. The minimum atomic E-state index is 0.617. The van der Waals surface area contributed by atoms with E-state index in [1.165, 1.54) is 55.7 Å². The molecular formula is C12H19N3. The average molecular weight is 205 g/mol. The van der Waals surface area contributed by atoms with Gasteiger partial charge in [0.1, 0.15) is 5.82 Å². The number of imidazole rings is 1. The Kier molecular flexibility index (Phi) is 2.28. The molecule has 3 rings (SSSR count). The molecule has 0 aromatic carbocycles. The molecule has 2 saturated carbocycles. The Bertz CT molecular complexity index is 346. The number of hydrogen-bond acceptors (Lipinski definition) is 2. The SMILES string of the molecule is NCc1[nH]c(C2CCCC2)nc1C1CC1. The molecule has 2 aliphatic carbocycles. The molecule has 82 valence electrons. The highest BCUT2D eigenvalue weighted by Gasteiger charge is 2.30. The van der Waals surface area contributed by atoms with Crippen LogP contribution in [0.4, 0.5) is 0 Å². The Balaban J connectivity index is 1.88. The van der Waals surface area contributed by atoms with E-state index in [4.69, 9.17) is 10.7 Å². The largest absolute Gasteiger partial charge is 0.344 e. The van der Waals surface area contributed by atoms with Crippen LogP contribution < -0.4 is 5.73 Å². The van der Waals surface area contributed by atoms with Crippen molar-refractivity contribution in [1.29, 1.82) is 0 Å². The number of nitrogens with zero attached hydrogens (tertiary/aromatic N) is 1. The Morgan fingerprint density at radius 3 is 2.47 bits per heavy atom. The van der Waals surface area contributed by atoms with Gasteiger partial charge in [-0.25, -0.2) is 4.98 Å². The van der Waals surface area contributed by atoms with E-state index in [1.807, 2.05) is 0 Å². The lowest BCUT2D eigenvalue weighted by Crippen LogP contribution is -2.00. The predicted octanol–water partition coefficient (Wildman–Crippen LogP) is 2.40. The molecule has 1 heterocycles. The van der Waals surface area contributed by atoms with Gasteiger partial charge in [-0.1, -0.05) is 12.8 Å². The van der Waals surface area contributed by atoms with Gasteiger partial charge in [0.25, 0.3) is 0 Å². The molecule has 2 fully saturated rings. The highest BCUT2D eigenvalue weighted by atomic mass is 15.0. The molecule has 0 amide bonds. The molecule has 15 heavy (non-hydrogen) atoms. The molecule has 0 atom stereocenters. The van der Waals surface area contributed by atoms with Crippen LogP contribution in [-0.4, -0.2) is 9.97 Å². The zero-order valence-corrected chi connectivity index (χ0v) is 9.13. The number of hydrogen-bond donors (Lipinski definition) is 2. The molecule has 1 aromatic heterocycles. The maximum atomic E-state index is 5.76. The van der Waals surface area contributed by atoms with Gasteiger partial charge in [0, 0.05) is 18.4 Å². The first-order valence-electron chi connectivity index (χ1n) is 6.17. The summed E-state index contributed by atoms with van der Waals surface area (Å²) in [6.45, 7) is 0.617. The maximum absolute atomic E-state index is 5.76. The quantitative estimate of drug-likeness (QED) is 0.796. The van der Waals surface area contributed by atoms with Gasteiger partial charge in [0.15, 0.2) is 0 Å². The summed E-state index contributed by atoms with van der Waals surface area (Å²) in [6.07, 6.45) is 7.96. The van der Waals surface area contributed by atoms with Crippen LogP contribution in [0.2, 0.25) is 0 Å². The third-order valence-electron chi connectivity index (χ3n) is 3.74. The first kappa shape index (κ1) is 9.40. The molecule has 0 aliphatic heterocycles. The Labute approximate surface area is 90.5 Å². The number of nitrogens with one attached hydrogen (secondary N) is 1. The number of aromatic nitrogens is 2. The van der Waals surface area contributed by atoms with Crippen LogP contribution >= 0.6 is 0 Å². The number of H-pyrrole nitrogens is 1. The van der Waals surface area contributed by atoms with Crippen molar-refractivity contribution in [3.05, 3.63) is 17.2 Å². The molecule has 0 bridgehead atoms. The molecule has 0 unspecified atom stereocenters. The van der Waals surface area contributed by atoms with Gasteiger partial charge in [-0.05, 0) is 25.7 Å². The highest BCUT2D eigenvalue weighted by Crippen LogP contribution is 2.42. The summed E-state index contributed by atoms with van der Waals surface area (Å²) in [5.41, 5.74) is 8.23. The summed E-state index contributed by atoms with van der Waals surface area (Å²) in [4.78, 5) is 8.25. The second-order valence-electron chi connectivity index (χ2n) is 4.95. The molecule has 3 nitrogen and oxygen atoms in total.